The minimum absolute atomic E-state index is 0.111. The average Bonchev–Trinajstić information content (AvgIpc) is 3.18. The first kappa shape index (κ1) is 26.1. The third-order valence-electron chi connectivity index (χ3n) is 7.79. The molecule has 3 atom stereocenters. The van der Waals surface area contributed by atoms with E-state index in [1.54, 1.807) is 6.07 Å². The van der Waals surface area contributed by atoms with Crippen LogP contribution in [0.4, 0.5) is 5.69 Å². The topological polar surface area (TPSA) is 133 Å². The number of rotatable bonds is 7. The van der Waals surface area contributed by atoms with Crippen LogP contribution in [0.2, 0.25) is 5.02 Å². The highest BCUT2D eigenvalue weighted by Gasteiger charge is 2.51. The quantitative estimate of drug-likeness (QED) is 0.388. The number of hydrogen-bond acceptors (Lipinski definition) is 5. The predicted octanol–water partition coefficient (Wildman–Crippen LogP) is 2.50. The van der Waals surface area contributed by atoms with Crippen LogP contribution >= 0.6 is 11.6 Å². The van der Waals surface area contributed by atoms with Crippen molar-refractivity contribution < 1.29 is 14.7 Å². The van der Waals surface area contributed by atoms with Gasteiger partial charge in [0, 0.05) is 31.5 Å². The van der Waals surface area contributed by atoms with Gasteiger partial charge in [-0.15, -0.1) is 0 Å². The van der Waals surface area contributed by atoms with Crippen molar-refractivity contribution in [2.75, 3.05) is 32.7 Å². The maximum absolute atomic E-state index is 12.4. The van der Waals surface area contributed by atoms with Crippen molar-refractivity contribution in [3.8, 4) is 17.2 Å². The third kappa shape index (κ3) is 4.97. The van der Waals surface area contributed by atoms with Crippen LogP contribution in [-0.2, 0) is 15.2 Å². The van der Waals surface area contributed by atoms with Gasteiger partial charge in [0.25, 0.3) is 5.91 Å². The number of nitrogens with zero attached hydrogens (tertiary/aromatic N) is 3. The number of primary amides is 2. The Hall–Kier alpha value is -2.96. The number of carbonyl (C=O) groups is 2. The van der Waals surface area contributed by atoms with Gasteiger partial charge in [0.15, 0.2) is 18.3 Å². The molecular formula is C27H33ClN5O3+. The Morgan fingerprint density at radius 2 is 1.81 bits per heavy atom. The van der Waals surface area contributed by atoms with Crippen molar-refractivity contribution in [3.63, 3.8) is 0 Å². The zero-order chi connectivity index (χ0) is 26.1. The number of benzene rings is 2. The summed E-state index contributed by atoms with van der Waals surface area (Å²) in [6, 6.07) is 15.2. The Morgan fingerprint density at radius 3 is 2.39 bits per heavy atom. The Labute approximate surface area is 216 Å². The summed E-state index contributed by atoms with van der Waals surface area (Å²) in [4.78, 5) is 25.5. The molecule has 5 N–H and O–H groups in total. The second-order valence-corrected chi connectivity index (χ2v) is 10.7. The highest BCUT2D eigenvalue weighted by molar-refractivity contribution is 6.33. The standard InChI is InChI=1S/C27H32ClN5O3/c1-18-14-24(26(31)35)33(17-18,13-10-29)23-15-20(4-7-22(23)28)19-2-5-21(6-3-19)27(36)8-11-32(12-9-27)16-25(30)34/h2-7,15,18,24,36H,8-9,11-14,16-17H2,1H3,(H3-,30,31,34,35)/p+1/t18-,24-,33?/m0/s1. The lowest BCUT2D eigenvalue weighted by atomic mass is 9.84. The van der Waals surface area contributed by atoms with Gasteiger partial charge in [-0.2, -0.15) is 5.26 Å². The minimum Gasteiger partial charge on any atom is -0.385 e. The van der Waals surface area contributed by atoms with Crippen molar-refractivity contribution in [3.05, 3.63) is 53.1 Å². The molecule has 2 fully saturated rings. The summed E-state index contributed by atoms with van der Waals surface area (Å²) in [5.41, 5.74) is 13.5. The summed E-state index contributed by atoms with van der Waals surface area (Å²) in [5.74, 6) is -0.558. The molecule has 190 valence electrons. The molecule has 9 heteroatoms. The van der Waals surface area contributed by atoms with Crippen molar-refractivity contribution in [2.24, 2.45) is 17.4 Å². The van der Waals surface area contributed by atoms with Crippen molar-refractivity contribution in [1.82, 2.24) is 9.38 Å². The van der Waals surface area contributed by atoms with E-state index in [9.17, 15) is 20.0 Å². The van der Waals surface area contributed by atoms with Crippen molar-refractivity contribution in [1.29, 1.82) is 5.26 Å². The lowest BCUT2D eigenvalue weighted by Gasteiger charge is -2.38. The number of nitriles is 1. The van der Waals surface area contributed by atoms with E-state index in [0.29, 0.717) is 43.9 Å². The fourth-order valence-corrected chi connectivity index (χ4v) is 6.24. The molecular weight excluding hydrogens is 478 g/mol. The monoisotopic (exact) mass is 510 g/mol. The normalized spacial score (nSPS) is 25.8. The van der Waals surface area contributed by atoms with E-state index in [1.165, 1.54) is 0 Å². The molecule has 2 amide bonds. The predicted molar refractivity (Wildman–Crippen MR) is 140 cm³/mol. The molecule has 1 unspecified atom stereocenters. The highest BCUT2D eigenvalue weighted by Crippen LogP contribution is 2.43. The number of quaternary nitrogens is 1. The van der Waals surface area contributed by atoms with Gasteiger partial charge in [-0.25, -0.2) is 0 Å². The number of amides is 2. The van der Waals surface area contributed by atoms with Crippen molar-refractivity contribution in [2.45, 2.75) is 37.8 Å². The van der Waals surface area contributed by atoms with E-state index in [0.717, 1.165) is 22.4 Å². The Kier molecular flexibility index (Phi) is 7.39. The number of nitrogens with two attached hydrogens (primary N) is 2. The number of likely N-dealkylation sites (tertiary alicyclic amines) is 2. The SMILES string of the molecule is C[C@H]1C[C@@H](C(N)=O)[N+](CC#N)(c2cc(-c3ccc(C4(O)CCN(CC(N)=O)CC4)cc3)ccc2Cl)C1. The van der Waals surface area contributed by atoms with Crippen LogP contribution in [0.5, 0.6) is 0 Å². The summed E-state index contributed by atoms with van der Waals surface area (Å²) in [6.07, 6.45) is 1.65. The first-order valence-corrected chi connectivity index (χ1v) is 12.6. The Morgan fingerprint density at radius 1 is 1.17 bits per heavy atom. The largest absolute Gasteiger partial charge is 0.385 e. The summed E-state index contributed by atoms with van der Waals surface area (Å²) in [7, 11) is 0. The lowest BCUT2D eigenvalue weighted by Crippen LogP contribution is -2.58. The number of halogens is 1. The molecule has 2 aliphatic heterocycles. The van der Waals surface area contributed by atoms with Gasteiger partial charge in [0.1, 0.15) is 11.1 Å². The molecule has 8 nitrogen and oxygen atoms in total. The molecule has 2 aromatic carbocycles. The van der Waals surface area contributed by atoms with Gasteiger partial charge in [0.05, 0.1) is 18.7 Å². The van der Waals surface area contributed by atoms with E-state index in [2.05, 4.69) is 13.0 Å². The first-order chi connectivity index (χ1) is 17.1. The van der Waals surface area contributed by atoms with E-state index >= 15 is 0 Å². The van der Waals surface area contributed by atoms with Crippen LogP contribution < -0.4 is 16.0 Å². The molecule has 0 saturated carbocycles. The highest BCUT2D eigenvalue weighted by atomic mass is 35.5. The summed E-state index contributed by atoms with van der Waals surface area (Å²) < 4.78 is 0.138. The van der Waals surface area contributed by atoms with E-state index in [1.807, 2.05) is 41.3 Å². The van der Waals surface area contributed by atoms with Crippen LogP contribution in [0.15, 0.2) is 42.5 Å². The molecule has 4 rings (SSSR count). The van der Waals surface area contributed by atoms with Crippen molar-refractivity contribution >= 4 is 29.1 Å². The summed E-state index contributed by atoms with van der Waals surface area (Å²) >= 11 is 6.65. The number of carbonyl (C=O) groups excluding carboxylic acids is 2. The molecule has 2 saturated heterocycles. The maximum atomic E-state index is 12.4. The van der Waals surface area contributed by atoms with Crippen LogP contribution in [0, 0.1) is 17.2 Å². The molecule has 2 heterocycles. The van der Waals surface area contributed by atoms with E-state index < -0.39 is 17.6 Å². The molecule has 0 spiro atoms. The molecule has 2 aliphatic rings. The van der Waals surface area contributed by atoms with Crippen LogP contribution in [0.25, 0.3) is 11.1 Å². The summed E-state index contributed by atoms with van der Waals surface area (Å²) in [6.45, 7) is 4.19. The maximum Gasteiger partial charge on any atom is 0.276 e. The van der Waals surface area contributed by atoms with Gasteiger partial charge in [0.2, 0.25) is 5.91 Å². The van der Waals surface area contributed by atoms with E-state index in [4.69, 9.17) is 23.1 Å². The number of piperidine rings is 1. The Balaban J connectivity index is 1.62. The van der Waals surface area contributed by atoms with Crippen LogP contribution in [0.1, 0.15) is 31.7 Å². The third-order valence-corrected chi connectivity index (χ3v) is 8.10. The molecule has 0 bridgehead atoms. The first-order valence-electron chi connectivity index (χ1n) is 12.2. The fourth-order valence-electron chi connectivity index (χ4n) is 5.95. The fraction of sp³-hybridized carbons (Fsp3) is 0.444. The van der Waals surface area contributed by atoms with E-state index in [-0.39, 0.29) is 29.4 Å². The van der Waals surface area contributed by atoms with Gasteiger partial charge >= 0.3 is 0 Å². The van der Waals surface area contributed by atoms with Gasteiger partial charge in [-0.05, 0) is 35.6 Å². The zero-order valence-electron chi connectivity index (χ0n) is 20.5. The van der Waals surface area contributed by atoms with Gasteiger partial charge < -0.3 is 16.6 Å². The lowest BCUT2D eigenvalue weighted by molar-refractivity contribution is -0.122. The molecule has 0 radical (unpaired) electrons. The number of hydrogen-bond donors (Lipinski definition) is 3. The van der Waals surface area contributed by atoms with Gasteiger partial charge in [-0.1, -0.05) is 48.9 Å². The van der Waals surface area contributed by atoms with Crippen LogP contribution in [-0.4, -0.2) is 60.6 Å². The molecule has 0 aliphatic carbocycles. The smallest absolute Gasteiger partial charge is 0.276 e. The molecule has 36 heavy (non-hydrogen) atoms. The molecule has 2 aromatic rings. The summed E-state index contributed by atoms with van der Waals surface area (Å²) in [5, 5.41) is 21.4. The number of aliphatic hydroxyl groups is 1. The second-order valence-electron chi connectivity index (χ2n) is 10.3. The second kappa shape index (κ2) is 10.2. The molecule has 0 aromatic heterocycles. The van der Waals surface area contributed by atoms with Crippen LogP contribution in [0.3, 0.4) is 0 Å². The average molecular weight is 511 g/mol. The zero-order valence-corrected chi connectivity index (χ0v) is 21.2. The van der Waals surface area contributed by atoms with Gasteiger partial charge in [-0.3, -0.25) is 19.0 Å². The minimum atomic E-state index is -0.958. The Bertz CT molecular complexity index is 1190.